The van der Waals surface area contributed by atoms with Gasteiger partial charge in [-0.3, -0.25) is 14.9 Å². The van der Waals surface area contributed by atoms with Crippen molar-refractivity contribution >= 4 is 74.8 Å². The third-order valence-electron chi connectivity index (χ3n) is 3.52. The maximum atomic E-state index is 13.4. The Hall–Kier alpha value is -2.02. The van der Waals surface area contributed by atoms with Crippen LogP contribution in [0.1, 0.15) is 5.56 Å². The van der Waals surface area contributed by atoms with Crippen molar-refractivity contribution in [1.29, 1.82) is 0 Å². The highest BCUT2D eigenvalue weighted by Gasteiger charge is 2.36. The Labute approximate surface area is 174 Å². The van der Waals surface area contributed by atoms with Crippen LogP contribution in [0.5, 0.6) is 5.75 Å². The summed E-state index contributed by atoms with van der Waals surface area (Å²) in [5.41, 5.74) is 0.246. The summed E-state index contributed by atoms with van der Waals surface area (Å²) in [6.07, 6.45) is 1.32. The Kier molecular flexibility index (Phi) is 5.27. The van der Waals surface area contributed by atoms with Gasteiger partial charge in [0.15, 0.2) is 0 Å². The minimum atomic E-state index is -0.947. The molecule has 0 atom stereocenters. The summed E-state index contributed by atoms with van der Waals surface area (Å²) in [6, 6.07) is 7.19. The number of anilines is 1. The zero-order valence-corrected chi connectivity index (χ0v) is 17.1. The number of aromatic hydroxyl groups is 1. The summed E-state index contributed by atoms with van der Waals surface area (Å²) in [5, 5.41) is 11.9. The van der Waals surface area contributed by atoms with Gasteiger partial charge >= 0.3 is 6.03 Å². The fourth-order valence-electron chi connectivity index (χ4n) is 2.34. The zero-order chi connectivity index (χ0) is 19.0. The summed E-state index contributed by atoms with van der Waals surface area (Å²) >= 11 is 3.85. The van der Waals surface area contributed by atoms with Gasteiger partial charge in [-0.05, 0) is 87.2 Å². The second-order valence-corrected chi connectivity index (χ2v) is 7.60. The van der Waals surface area contributed by atoms with Gasteiger partial charge < -0.3 is 5.11 Å². The Morgan fingerprint density at radius 2 is 1.73 bits per heavy atom. The minimum absolute atomic E-state index is 0.0146. The molecule has 0 aliphatic carbocycles. The molecule has 0 bridgehead atoms. The average Bonchev–Trinajstić information content (AvgIpc) is 2.56. The summed E-state index contributed by atoms with van der Waals surface area (Å²) in [5.74, 6) is -2.22. The summed E-state index contributed by atoms with van der Waals surface area (Å²) in [6.45, 7) is 0. The molecular formula is C17H9FI2N2O4. The molecule has 1 fully saturated rings. The van der Waals surface area contributed by atoms with Crippen LogP contribution >= 0.6 is 45.2 Å². The maximum Gasteiger partial charge on any atom is 0.335 e. The van der Waals surface area contributed by atoms with E-state index in [0.717, 1.165) is 6.07 Å². The van der Waals surface area contributed by atoms with Crippen molar-refractivity contribution in [3.8, 4) is 5.75 Å². The monoisotopic (exact) mass is 578 g/mol. The van der Waals surface area contributed by atoms with Crippen molar-refractivity contribution in [3.63, 3.8) is 0 Å². The first-order chi connectivity index (χ1) is 12.3. The third-order valence-corrected chi connectivity index (χ3v) is 5.16. The normalized spacial score (nSPS) is 16.2. The molecule has 1 saturated heterocycles. The SMILES string of the molecule is O=C1NC(=O)N(c2cccc(F)c2)C(=O)/C1=C/c1cc(I)c(O)c(I)c1. The van der Waals surface area contributed by atoms with Gasteiger partial charge in [0.2, 0.25) is 0 Å². The number of nitrogens with zero attached hydrogens (tertiary/aromatic N) is 1. The average molecular weight is 578 g/mol. The Bertz CT molecular complexity index is 967. The number of urea groups is 1. The summed E-state index contributed by atoms with van der Waals surface area (Å²) in [7, 11) is 0. The molecule has 0 aromatic heterocycles. The molecule has 1 aliphatic heterocycles. The predicted molar refractivity (Wildman–Crippen MR) is 109 cm³/mol. The number of nitrogens with one attached hydrogen (secondary N) is 1. The molecule has 4 amide bonds. The Balaban J connectivity index is 2.06. The van der Waals surface area contributed by atoms with E-state index in [2.05, 4.69) is 5.32 Å². The number of rotatable bonds is 2. The van der Waals surface area contributed by atoms with E-state index in [-0.39, 0.29) is 17.0 Å². The van der Waals surface area contributed by atoms with E-state index in [9.17, 15) is 23.9 Å². The van der Waals surface area contributed by atoms with Crippen molar-refractivity contribution in [1.82, 2.24) is 5.32 Å². The number of hydrogen-bond acceptors (Lipinski definition) is 4. The van der Waals surface area contributed by atoms with Crippen LogP contribution in [0.15, 0.2) is 42.0 Å². The lowest BCUT2D eigenvalue weighted by Gasteiger charge is -2.26. The number of carbonyl (C=O) groups excluding carboxylic acids is 3. The molecule has 2 N–H and O–H groups in total. The van der Waals surface area contributed by atoms with Crippen LogP contribution < -0.4 is 10.2 Å². The van der Waals surface area contributed by atoms with E-state index < -0.39 is 23.7 Å². The molecule has 1 heterocycles. The van der Waals surface area contributed by atoms with Gasteiger partial charge in [-0.25, -0.2) is 14.1 Å². The minimum Gasteiger partial charge on any atom is -0.506 e. The van der Waals surface area contributed by atoms with E-state index >= 15 is 0 Å². The van der Waals surface area contributed by atoms with Crippen LogP contribution in [0.2, 0.25) is 0 Å². The van der Waals surface area contributed by atoms with E-state index in [1.54, 1.807) is 12.1 Å². The van der Waals surface area contributed by atoms with Gasteiger partial charge in [-0.1, -0.05) is 6.07 Å². The summed E-state index contributed by atoms with van der Waals surface area (Å²) < 4.78 is 14.5. The van der Waals surface area contributed by atoms with Crippen molar-refractivity contribution in [2.45, 2.75) is 0 Å². The quantitative estimate of drug-likeness (QED) is 0.325. The highest BCUT2D eigenvalue weighted by atomic mass is 127. The number of carbonyl (C=O) groups is 3. The molecule has 0 unspecified atom stereocenters. The molecule has 0 spiro atoms. The molecule has 1 aliphatic rings. The highest BCUT2D eigenvalue weighted by Crippen LogP contribution is 2.29. The molecule has 0 radical (unpaired) electrons. The first-order valence-corrected chi connectivity index (χ1v) is 9.28. The van der Waals surface area contributed by atoms with E-state index in [1.165, 1.54) is 24.3 Å². The number of phenolic OH excluding ortho intramolecular Hbond substituents is 1. The number of imide groups is 2. The molecular weight excluding hydrogens is 569 g/mol. The molecule has 0 saturated carbocycles. The lowest BCUT2D eigenvalue weighted by atomic mass is 10.1. The van der Waals surface area contributed by atoms with Crippen LogP contribution in [0.25, 0.3) is 6.08 Å². The second kappa shape index (κ2) is 7.31. The highest BCUT2D eigenvalue weighted by molar-refractivity contribution is 14.1. The molecule has 132 valence electrons. The van der Waals surface area contributed by atoms with Crippen LogP contribution in [-0.4, -0.2) is 23.0 Å². The predicted octanol–water partition coefficient (Wildman–Crippen LogP) is 3.41. The van der Waals surface area contributed by atoms with Crippen LogP contribution in [-0.2, 0) is 9.59 Å². The van der Waals surface area contributed by atoms with Crippen molar-refractivity contribution in [2.75, 3.05) is 4.90 Å². The molecule has 26 heavy (non-hydrogen) atoms. The van der Waals surface area contributed by atoms with E-state index in [4.69, 9.17) is 0 Å². The van der Waals surface area contributed by atoms with Gasteiger partial charge in [0.1, 0.15) is 17.1 Å². The molecule has 6 nitrogen and oxygen atoms in total. The van der Waals surface area contributed by atoms with Crippen molar-refractivity contribution < 1.29 is 23.9 Å². The largest absolute Gasteiger partial charge is 0.506 e. The number of phenols is 1. The fourth-order valence-corrected chi connectivity index (χ4v) is 4.16. The first kappa shape index (κ1) is 18.8. The molecule has 9 heteroatoms. The number of benzene rings is 2. The standard InChI is InChI=1S/C17H9FI2N2O4/c18-9-2-1-3-10(7-9)22-16(25)11(15(24)21-17(22)26)4-8-5-12(19)14(23)13(20)6-8/h1-7,23H,(H,21,24,26)/b11-4+. The van der Waals surface area contributed by atoms with E-state index in [0.29, 0.717) is 17.6 Å². The van der Waals surface area contributed by atoms with Crippen molar-refractivity contribution in [2.24, 2.45) is 0 Å². The zero-order valence-electron chi connectivity index (χ0n) is 12.8. The lowest BCUT2D eigenvalue weighted by Crippen LogP contribution is -2.54. The fraction of sp³-hybridized carbons (Fsp3) is 0. The number of hydrogen-bond donors (Lipinski definition) is 2. The topological polar surface area (TPSA) is 86.7 Å². The molecule has 2 aromatic carbocycles. The van der Waals surface area contributed by atoms with E-state index in [1.807, 2.05) is 45.2 Å². The number of barbiturate groups is 1. The first-order valence-electron chi connectivity index (χ1n) is 7.13. The van der Waals surface area contributed by atoms with Gasteiger partial charge in [0.05, 0.1) is 12.8 Å². The van der Waals surface area contributed by atoms with Gasteiger partial charge in [-0.15, -0.1) is 0 Å². The maximum absolute atomic E-state index is 13.4. The third kappa shape index (κ3) is 3.58. The molecule has 2 aromatic rings. The van der Waals surface area contributed by atoms with Crippen LogP contribution in [0.3, 0.4) is 0 Å². The van der Waals surface area contributed by atoms with Gasteiger partial charge in [0.25, 0.3) is 11.8 Å². The van der Waals surface area contributed by atoms with Crippen molar-refractivity contribution in [3.05, 3.63) is 60.5 Å². The molecule has 3 rings (SSSR count). The Morgan fingerprint density at radius 3 is 2.35 bits per heavy atom. The Morgan fingerprint density at radius 1 is 1.08 bits per heavy atom. The lowest BCUT2D eigenvalue weighted by molar-refractivity contribution is -0.122. The number of halogens is 3. The van der Waals surface area contributed by atoms with Gasteiger partial charge in [0, 0.05) is 0 Å². The van der Waals surface area contributed by atoms with Gasteiger partial charge in [-0.2, -0.15) is 0 Å². The van der Waals surface area contributed by atoms with Crippen LogP contribution in [0.4, 0.5) is 14.9 Å². The second-order valence-electron chi connectivity index (χ2n) is 5.27. The number of amides is 4. The smallest absolute Gasteiger partial charge is 0.335 e. The summed E-state index contributed by atoms with van der Waals surface area (Å²) in [4.78, 5) is 37.6. The van der Waals surface area contributed by atoms with Crippen LogP contribution in [0, 0.1) is 13.0 Å².